The number of rotatable bonds is 4. The van der Waals surface area contributed by atoms with Crippen LogP contribution >= 0.6 is 0 Å². The molecule has 0 aliphatic rings. The average molecular weight is 362 g/mol. The van der Waals surface area contributed by atoms with Gasteiger partial charge in [-0.1, -0.05) is 0 Å². The summed E-state index contributed by atoms with van der Waals surface area (Å²) in [5.41, 5.74) is -0.730. The minimum absolute atomic E-state index is 0.0257. The van der Waals surface area contributed by atoms with Crippen LogP contribution in [0.15, 0.2) is 55.0 Å². The molecule has 0 saturated carbocycles. The largest absolute Gasteiger partial charge is 0.453 e. The fourth-order valence-electron chi connectivity index (χ4n) is 2.05. The van der Waals surface area contributed by atoms with Gasteiger partial charge in [-0.2, -0.15) is 13.2 Å². The number of nitro groups is 1. The first-order valence-corrected chi connectivity index (χ1v) is 7.11. The van der Waals surface area contributed by atoms with Gasteiger partial charge in [-0.3, -0.25) is 4.98 Å². The molecule has 0 unspecified atom stereocenters. The second-order valence-corrected chi connectivity index (χ2v) is 5.02. The fraction of sp³-hybridized carbons (Fsp3) is 0.0625. The van der Waals surface area contributed by atoms with Gasteiger partial charge in [-0.15, -0.1) is 0 Å². The van der Waals surface area contributed by atoms with Crippen LogP contribution in [0.1, 0.15) is 5.69 Å². The first-order chi connectivity index (χ1) is 12.3. The van der Waals surface area contributed by atoms with Gasteiger partial charge in [0.1, 0.15) is 11.4 Å². The van der Waals surface area contributed by atoms with Gasteiger partial charge in [0.05, 0.1) is 5.69 Å². The van der Waals surface area contributed by atoms with Gasteiger partial charge in [-0.05, 0) is 28.1 Å². The second-order valence-electron chi connectivity index (χ2n) is 5.02. The second kappa shape index (κ2) is 6.75. The van der Waals surface area contributed by atoms with Crippen LogP contribution in [0.25, 0.3) is 11.3 Å². The van der Waals surface area contributed by atoms with E-state index in [-0.39, 0.29) is 17.2 Å². The molecule has 132 valence electrons. The number of ether oxygens (including phenoxy) is 1. The molecule has 10 heteroatoms. The van der Waals surface area contributed by atoms with E-state index < -0.39 is 22.6 Å². The van der Waals surface area contributed by atoms with E-state index >= 15 is 0 Å². The van der Waals surface area contributed by atoms with Crippen LogP contribution in [0.5, 0.6) is 11.5 Å². The summed E-state index contributed by atoms with van der Waals surface area (Å²) in [6, 6.07) is 7.51. The molecule has 0 spiro atoms. The van der Waals surface area contributed by atoms with Crippen molar-refractivity contribution >= 4 is 5.82 Å². The zero-order valence-electron chi connectivity index (χ0n) is 12.8. The van der Waals surface area contributed by atoms with E-state index in [0.717, 1.165) is 18.3 Å². The van der Waals surface area contributed by atoms with Crippen molar-refractivity contribution in [2.45, 2.75) is 6.18 Å². The lowest BCUT2D eigenvalue weighted by molar-refractivity contribution is -0.389. The van der Waals surface area contributed by atoms with Crippen LogP contribution in [0.3, 0.4) is 0 Å². The summed E-state index contributed by atoms with van der Waals surface area (Å²) in [4.78, 5) is 20.9. The highest BCUT2D eigenvalue weighted by molar-refractivity contribution is 5.60. The molecule has 0 radical (unpaired) electrons. The van der Waals surface area contributed by atoms with Crippen molar-refractivity contribution in [2.24, 2.45) is 0 Å². The Morgan fingerprint density at radius 1 is 1.08 bits per heavy atom. The minimum atomic E-state index is -4.68. The maximum atomic E-state index is 13.1. The van der Waals surface area contributed by atoms with Crippen molar-refractivity contribution < 1.29 is 22.8 Å². The molecule has 0 saturated heterocycles. The van der Waals surface area contributed by atoms with Crippen LogP contribution in [0.2, 0.25) is 0 Å². The number of halogens is 3. The van der Waals surface area contributed by atoms with Gasteiger partial charge in [0.25, 0.3) is 0 Å². The third kappa shape index (κ3) is 3.91. The quantitative estimate of drug-likeness (QED) is 0.509. The topological polar surface area (TPSA) is 91.0 Å². The zero-order valence-corrected chi connectivity index (χ0v) is 12.8. The van der Waals surface area contributed by atoms with E-state index in [1.165, 1.54) is 24.5 Å². The Morgan fingerprint density at radius 2 is 1.88 bits per heavy atom. The predicted octanol–water partition coefficient (Wildman–Crippen LogP) is 4.26. The molecule has 26 heavy (non-hydrogen) atoms. The van der Waals surface area contributed by atoms with Crippen molar-refractivity contribution in [3.05, 3.63) is 70.8 Å². The molecule has 0 amide bonds. The van der Waals surface area contributed by atoms with Crippen LogP contribution in [-0.2, 0) is 6.18 Å². The maximum absolute atomic E-state index is 13.1. The average Bonchev–Trinajstić information content (AvgIpc) is 2.62. The number of alkyl halides is 3. The molecule has 3 aromatic heterocycles. The van der Waals surface area contributed by atoms with Crippen molar-refractivity contribution in [1.82, 2.24) is 15.0 Å². The molecule has 3 heterocycles. The molecule has 0 N–H and O–H groups in total. The Morgan fingerprint density at radius 3 is 2.46 bits per heavy atom. The SMILES string of the molecule is O=[N+]([O-])c1ccc(Oc2cc(-c3cccnc3)nc(C(F)(F)F)c2)cn1. The summed E-state index contributed by atoms with van der Waals surface area (Å²) >= 11 is 0. The minimum Gasteiger partial charge on any atom is -0.453 e. The van der Waals surface area contributed by atoms with Gasteiger partial charge in [-0.25, -0.2) is 4.98 Å². The van der Waals surface area contributed by atoms with Crippen molar-refractivity contribution in [3.8, 4) is 22.8 Å². The molecule has 0 aromatic carbocycles. The normalized spacial score (nSPS) is 11.2. The van der Waals surface area contributed by atoms with Gasteiger partial charge in [0, 0.05) is 36.2 Å². The van der Waals surface area contributed by atoms with E-state index in [4.69, 9.17) is 4.74 Å². The lowest BCUT2D eigenvalue weighted by Crippen LogP contribution is -2.09. The summed E-state index contributed by atoms with van der Waals surface area (Å²) in [7, 11) is 0. The number of hydrogen-bond acceptors (Lipinski definition) is 6. The summed E-state index contributed by atoms with van der Waals surface area (Å²) in [5, 5.41) is 10.6. The van der Waals surface area contributed by atoms with E-state index in [9.17, 15) is 23.3 Å². The highest BCUT2D eigenvalue weighted by Gasteiger charge is 2.33. The van der Waals surface area contributed by atoms with E-state index in [0.29, 0.717) is 5.56 Å². The monoisotopic (exact) mass is 362 g/mol. The molecular formula is C16H9F3N4O3. The zero-order chi connectivity index (χ0) is 18.7. The first-order valence-electron chi connectivity index (χ1n) is 7.11. The molecule has 0 fully saturated rings. The summed E-state index contributed by atoms with van der Waals surface area (Å²) in [6.07, 6.45) is -0.767. The van der Waals surface area contributed by atoms with Crippen LogP contribution in [0, 0.1) is 10.1 Å². The van der Waals surface area contributed by atoms with Crippen LogP contribution in [-0.4, -0.2) is 19.9 Å². The highest BCUT2D eigenvalue weighted by atomic mass is 19.4. The Balaban J connectivity index is 1.99. The van der Waals surface area contributed by atoms with Crippen molar-refractivity contribution in [2.75, 3.05) is 0 Å². The third-order valence-corrected chi connectivity index (χ3v) is 3.19. The van der Waals surface area contributed by atoms with E-state index in [1.807, 2.05) is 0 Å². The molecule has 3 aromatic rings. The smallest absolute Gasteiger partial charge is 0.433 e. The van der Waals surface area contributed by atoms with E-state index in [2.05, 4.69) is 15.0 Å². The summed E-state index contributed by atoms with van der Waals surface area (Å²) in [5.74, 6) is -0.493. The van der Waals surface area contributed by atoms with Gasteiger partial charge < -0.3 is 14.9 Å². The van der Waals surface area contributed by atoms with Gasteiger partial charge >= 0.3 is 12.0 Å². The molecular weight excluding hydrogens is 353 g/mol. The standard InChI is InChI=1S/C16H9F3N4O3/c17-16(18,19)14-7-12(6-13(22-14)10-2-1-5-20-8-10)26-11-3-4-15(21-9-11)23(24)25/h1-9H. The Labute approximate surface area is 144 Å². The third-order valence-electron chi connectivity index (χ3n) is 3.19. The molecule has 0 aliphatic heterocycles. The predicted molar refractivity (Wildman–Crippen MR) is 83.4 cm³/mol. The Kier molecular flexibility index (Phi) is 4.48. The number of nitrogens with zero attached hydrogens (tertiary/aromatic N) is 4. The van der Waals surface area contributed by atoms with Crippen molar-refractivity contribution in [1.29, 1.82) is 0 Å². The number of pyridine rings is 3. The molecule has 3 rings (SSSR count). The molecule has 0 aliphatic carbocycles. The number of aromatic nitrogens is 3. The molecule has 7 nitrogen and oxygen atoms in total. The van der Waals surface area contributed by atoms with Crippen LogP contribution in [0.4, 0.5) is 19.0 Å². The lowest BCUT2D eigenvalue weighted by atomic mass is 10.1. The van der Waals surface area contributed by atoms with E-state index in [1.54, 1.807) is 12.1 Å². The Bertz CT molecular complexity index is 932. The Hall–Kier alpha value is -3.56. The number of hydrogen-bond donors (Lipinski definition) is 0. The van der Waals surface area contributed by atoms with Crippen LogP contribution < -0.4 is 4.74 Å². The maximum Gasteiger partial charge on any atom is 0.433 e. The summed E-state index contributed by atoms with van der Waals surface area (Å²) in [6.45, 7) is 0. The first kappa shape index (κ1) is 17.3. The van der Waals surface area contributed by atoms with Crippen molar-refractivity contribution in [3.63, 3.8) is 0 Å². The molecule has 0 bridgehead atoms. The summed E-state index contributed by atoms with van der Waals surface area (Å²) < 4.78 is 44.7. The van der Waals surface area contributed by atoms with Gasteiger partial charge in [0.15, 0.2) is 11.9 Å². The van der Waals surface area contributed by atoms with Gasteiger partial charge in [0.2, 0.25) is 0 Å². The highest BCUT2D eigenvalue weighted by Crippen LogP contribution is 2.34. The fourth-order valence-corrected chi connectivity index (χ4v) is 2.05. The lowest BCUT2D eigenvalue weighted by Gasteiger charge is -2.11. The molecule has 0 atom stereocenters.